The number of hydrogen-bond acceptors (Lipinski definition) is 0. The van der Waals surface area contributed by atoms with E-state index in [1.54, 1.807) is 0 Å². The van der Waals surface area contributed by atoms with Crippen molar-refractivity contribution in [2.75, 3.05) is 0 Å². The zero-order valence-corrected chi connectivity index (χ0v) is 19.2. The number of halogens is 15. The highest BCUT2D eigenvalue weighted by Crippen LogP contribution is 2.44. The summed E-state index contributed by atoms with van der Waals surface area (Å²) in [5.41, 5.74) is -9.06. The molecule has 0 radical (unpaired) electrons. The molecule has 0 bridgehead atoms. The lowest BCUT2D eigenvalue weighted by Crippen LogP contribution is -2.16. The summed E-state index contributed by atoms with van der Waals surface area (Å²) in [5.74, 6) is 0. The van der Waals surface area contributed by atoms with Crippen LogP contribution in [0.4, 0.5) is 65.9 Å². The van der Waals surface area contributed by atoms with Crippen molar-refractivity contribution in [2.24, 2.45) is 0 Å². The third-order valence-electron chi connectivity index (χ3n) is 5.01. The second-order valence-electron chi connectivity index (χ2n) is 7.81. The zero-order valence-electron chi connectivity index (χ0n) is 18.4. The van der Waals surface area contributed by atoms with Gasteiger partial charge >= 0.3 is 30.9 Å². The Balaban J connectivity index is 2.43. The van der Waals surface area contributed by atoms with Gasteiger partial charge in [-0.05, 0) is 36.4 Å². The van der Waals surface area contributed by atoms with Gasteiger partial charge in [-0.2, -0.15) is 65.9 Å². The largest absolute Gasteiger partial charge is 0.416 e. The van der Waals surface area contributed by atoms with Crippen LogP contribution in [-0.4, -0.2) is 0 Å². The van der Waals surface area contributed by atoms with E-state index < -0.39 is 84.3 Å². The van der Waals surface area contributed by atoms with Gasteiger partial charge in [-0.1, -0.05) is 0 Å². The Morgan fingerprint density at radius 3 is 0.795 bits per heavy atom. The van der Waals surface area contributed by atoms with Gasteiger partial charge < -0.3 is 0 Å². The maximum absolute atomic E-state index is 13.4. The lowest BCUT2D eigenvalue weighted by molar-refractivity contribution is -0.144. The Hall–Kier alpha value is -3.04. The standard InChI is InChI=1S/C23H10F15S/c24-19(25,26)11-1-3-16(4-2-11)39(17-7-12(20(27,28)29)5-13(8-17)21(30,31)32)18-9-14(22(33,34)35)6-15(10-18)23(36,37)38/h1-10H/q+1. The Morgan fingerprint density at radius 2 is 0.564 bits per heavy atom. The van der Waals surface area contributed by atoms with Gasteiger partial charge in [0.15, 0.2) is 14.7 Å². The number of alkyl halides is 15. The lowest BCUT2D eigenvalue weighted by Gasteiger charge is -2.17. The fourth-order valence-electron chi connectivity index (χ4n) is 3.28. The third kappa shape index (κ3) is 7.13. The maximum atomic E-state index is 13.4. The van der Waals surface area contributed by atoms with Crippen LogP contribution < -0.4 is 0 Å². The summed E-state index contributed by atoms with van der Waals surface area (Å²) in [6.07, 6.45) is -26.7. The highest BCUT2D eigenvalue weighted by Gasteiger charge is 2.44. The van der Waals surface area contributed by atoms with Crippen LogP contribution in [0.1, 0.15) is 27.8 Å². The van der Waals surface area contributed by atoms with Gasteiger partial charge in [0, 0.05) is 24.3 Å². The molecule has 0 unspecified atom stereocenters. The highest BCUT2D eigenvalue weighted by atomic mass is 32.2. The van der Waals surface area contributed by atoms with E-state index in [0.29, 0.717) is 24.3 Å². The van der Waals surface area contributed by atoms with E-state index in [-0.39, 0.29) is 36.4 Å². The molecule has 0 aliphatic heterocycles. The molecule has 0 aliphatic rings. The molecule has 16 heteroatoms. The molecule has 0 saturated heterocycles. The van der Waals surface area contributed by atoms with Crippen molar-refractivity contribution in [3.05, 3.63) is 88.5 Å². The summed E-state index contributed by atoms with van der Waals surface area (Å²) in [4.78, 5) is -2.66. The molecule has 0 spiro atoms. The second kappa shape index (κ2) is 9.86. The zero-order chi connectivity index (χ0) is 29.8. The highest BCUT2D eigenvalue weighted by molar-refractivity contribution is 7.97. The molecule has 0 amide bonds. The van der Waals surface area contributed by atoms with Gasteiger partial charge in [-0.25, -0.2) is 0 Å². The molecule has 3 aromatic rings. The van der Waals surface area contributed by atoms with Crippen LogP contribution in [0.25, 0.3) is 0 Å². The topological polar surface area (TPSA) is 0 Å². The molecule has 0 aromatic heterocycles. The summed E-state index contributed by atoms with van der Waals surface area (Å²) in [7, 11) is -2.60. The molecule has 3 aromatic carbocycles. The van der Waals surface area contributed by atoms with E-state index in [2.05, 4.69) is 0 Å². The summed E-state index contributed by atoms with van der Waals surface area (Å²) in [5, 5.41) is 0. The van der Waals surface area contributed by atoms with Crippen molar-refractivity contribution in [2.45, 2.75) is 45.6 Å². The first-order valence-corrected chi connectivity index (χ1v) is 11.2. The average molecular weight is 603 g/mol. The van der Waals surface area contributed by atoms with Crippen molar-refractivity contribution >= 4 is 10.9 Å². The van der Waals surface area contributed by atoms with E-state index in [9.17, 15) is 65.9 Å². The van der Waals surface area contributed by atoms with Crippen LogP contribution in [0.15, 0.2) is 75.4 Å². The monoisotopic (exact) mass is 603 g/mol. The Kier molecular flexibility index (Phi) is 7.71. The fourth-order valence-corrected chi connectivity index (χ4v) is 5.48. The molecule has 0 nitrogen and oxygen atoms in total. The molecule has 0 heterocycles. The van der Waals surface area contributed by atoms with Gasteiger partial charge in [0.05, 0.1) is 38.7 Å². The first-order chi connectivity index (χ1) is 17.5. The van der Waals surface area contributed by atoms with Crippen molar-refractivity contribution in [3.8, 4) is 0 Å². The first-order valence-electron chi connectivity index (χ1n) is 9.98. The van der Waals surface area contributed by atoms with Crippen LogP contribution in [0.3, 0.4) is 0 Å². The molecular formula is C23H10F15S+. The molecule has 0 N–H and O–H groups in total. The summed E-state index contributed by atoms with van der Waals surface area (Å²) >= 11 is 0. The van der Waals surface area contributed by atoms with E-state index in [1.807, 2.05) is 0 Å². The van der Waals surface area contributed by atoms with Gasteiger partial charge in [0.25, 0.3) is 0 Å². The Bertz CT molecular complexity index is 1180. The van der Waals surface area contributed by atoms with Crippen LogP contribution in [0, 0.1) is 0 Å². The van der Waals surface area contributed by atoms with Crippen LogP contribution in [-0.2, 0) is 41.8 Å². The number of hydrogen-bond donors (Lipinski definition) is 0. The predicted molar refractivity (Wildman–Crippen MR) is 106 cm³/mol. The van der Waals surface area contributed by atoms with Crippen molar-refractivity contribution in [1.82, 2.24) is 0 Å². The molecule has 0 fully saturated rings. The van der Waals surface area contributed by atoms with E-state index in [4.69, 9.17) is 0 Å². The Morgan fingerprint density at radius 1 is 0.308 bits per heavy atom. The van der Waals surface area contributed by atoms with Crippen molar-refractivity contribution < 1.29 is 65.9 Å². The summed E-state index contributed by atoms with van der Waals surface area (Å²) < 4.78 is 200. The van der Waals surface area contributed by atoms with E-state index in [0.717, 1.165) is 0 Å². The molecule has 0 saturated carbocycles. The van der Waals surface area contributed by atoms with Gasteiger partial charge in [0.1, 0.15) is 0 Å². The van der Waals surface area contributed by atoms with Gasteiger partial charge in [-0.3, -0.25) is 0 Å². The smallest absolute Gasteiger partial charge is 0.166 e. The first kappa shape index (κ1) is 30.5. The maximum Gasteiger partial charge on any atom is 0.416 e. The number of rotatable bonds is 3. The molecular weight excluding hydrogens is 593 g/mol. The normalized spacial score (nSPS) is 13.7. The van der Waals surface area contributed by atoms with Crippen molar-refractivity contribution in [1.29, 1.82) is 0 Å². The Labute approximate surface area is 211 Å². The van der Waals surface area contributed by atoms with Gasteiger partial charge in [-0.15, -0.1) is 0 Å². The van der Waals surface area contributed by atoms with E-state index >= 15 is 0 Å². The minimum absolute atomic E-state index is 0.0868. The molecule has 0 aliphatic carbocycles. The predicted octanol–water partition coefficient (Wildman–Crippen LogP) is 9.88. The number of benzene rings is 3. The van der Waals surface area contributed by atoms with Gasteiger partial charge in [0.2, 0.25) is 0 Å². The third-order valence-corrected chi connectivity index (χ3v) is 7.17. The SMILES string of the molecule is FC(F)(F)c1ccc([S+](c2cc(C(F)(F)F)cc(C(F)(F)F)c2)c2cc(C(F)(F)F)cc(C(F)(F)F)c2)cc1. The summed E-state index contributed by atoms with van der Waals surface area (Å²) in [6.45, 7) is 0. The summed E-state index contributed by atoms with van der Waals surface area (Å²) in [6, 6.07) is 1.49. The molecule has 0 atom stereocenters. The molecule has 212 valence electrons. The van der Waals surface area contributed by atoms with Crippen LogP contribution >= 0.6 is 0 Å². The minimum atomic E-state index is -5.43. The fraction of sp³-hybridized carbons (Fsp3) is 0.217. The quantitative estimate of drug-likeness (QED) is 0.207. The molecule has 3 rings (SSSR count). The van der Waals surface area contributed by atoms with Crippen molar-refractivity contribution in [3.63, 3.8) is 0 Å². The minimum Gasteiger partial charge on any atom is -0.166 e. The second-order valence-corrected chi connectivity index (χ2v) is 9.84. The molecule has 39 heavy (non-hydrogen) atoms. The average Bonchev–Trinajstić information content (AvgIpc) is 2.76. The van der Waals surface area contributed by atoms with Crippen LogP contribution in [0.2, 0.25) is 0 Å². The van der Waals surface area contributed by atoms with E-state index in [1.165, 1.54) is 0 Å². The lowest BCUT2D eigenvalue weighted by atomic mass is 10.1. The van der Waals surface area contributed by atoms with Crippen LogP contribution in [0.5, 0.6) is 0 Å².